The van der Waals surface area contributed by atoms with Gasteiger partial charge in [0.1, 0.15) is 11.6 Å². The molecule has 0 saturated heterocycles. The number of amides is 1. The Bertz CT molecular complexity index is 995. The van der Waals surface area contributed by atoms with Gasteiger partial charge in [-0.15, -0.1) is 10.2 Å². The summed E-state index contributed by atoms with van der Waals surface area (Å²) in [6, 6.07) is 10.7. The third-order valence-electron chi connectivity index (χ3n) is 4.37. The van der Waals surface area contributed by atoms with Gasteiger partial charge in [-0.3, -0.25) is 14.2 Å². The van der Waals surface area contributed by atoms with Gasteiger partial charge in [0.2, 0.25) is 5.91 Å². The van der Waals surface area contributed by atoms with Crippen molar-refractivity contribution < 1.29 is 14.0 Å². The van der Waals surface area contributed by atoms with Gasteiger partial charge in [0.05, 0.1) is 23.7 Å². The quantitative estimate of drug-likeness (QED) is 0.437. The summed E-state index contributed by atoms with van der Waals surface area (Å²) < 4.78 is 7.44. The molecule has 152 valence electrons. The minimum absolute atomic E-state index is 0.0963. The van der Waals surface area contributed by atoms with E-state index in [0.29, 0.717) is 23.0 Å². The van der Waals surface area contributed by atoms with E-state index in [9.17, 15) is 9.59 Å². The van der Waals surface area contributed by atoms with Crippen LogP contribution in [0.15, 0.2) is 52.2 Å². The maximum absolute atomic E-state index is 12.7. The number of nitrogens with zero attached hydrogens (tertiary/aromatic N) is 3. The van der Waals surface area contributed by atoms with E-state index in [2.05, 4.69) is 15.5 Å². The Labute approximate surface area is 173 Å². The van der Waals surface area contributed by atoms with Crippen molar-refractivity contribution in [1.29, 1.82) is 0 Å². The van der Waals surface area contributed by atoms with E-state index in [4.69, 9.17) is 4.42 Å². The number of hydrogen-bond donors (Lipinski definition) is 1. The van der Waals surface area contributed by atoms with Crippen LogP contribution in [0.4, 0.5) is 5.69 Å². The average Bonchev–Trinajstić information content (AvgIpc) is 3.33. The number of ketones is 1. The summed E-state index contributed by atoms with van der Waals surface area (Å²) in [7, 11) is 0. The summed E-state index contributed by atoms with van der Waals surface area (Å²) in [6.07, 6.45) is 1.63. The van der Waals surface area contributed by atoms with Gasteiger partial charge in [0.25, 0.3) is 0 Å². The molecule has 3 rings (SSSR count). The van der Waals surface area contributed by atoms with Gasteiger partial charge in [-0.1, -0.05) is 37.7 Å². The van der Waals surface area contributed by atoms with Gasteiger partial charge >= 0.3 is 0 Å². The largest absolute Gasteiger partial charge is 0.467 e. The number of carbonyl (C=O) groups is 2. The summed E-state index contributed by atoms with van der Waals surface area (Å²) in [4.78, 5) is 24.5. The first-order chi connectivity index (χ1) is 13.9. The second-order valence-electron chi connectivity index (χ2n) is 7.01. The van der Waals surface area contributed by atoms with Crippen LogP contribution >= 0.6 is 11.8 Å². The predicted octanol–water partition coefficient (Wildman–Crippen LogP) is 4.36. The van der Waals surface area contributed by atoms with Crippen molar-refractivity contribution in [1.82, 2.24) is 14.8 Å². The van der Waals surface area contributed by atoms with E-state index in [-0.39, 0.29) is 17.6 Å². The predicted molar refractivity (Wildman–Crippen MR) is 112 cm³/mol. The minimum atomic E-state index is -0.436. The maximum Gasteiger partial charge on any atom is 0.237 e. The normalized spacial score (nSPS) is 12.2. The first-order valence-corrected chi connectivity index (χ1v) is 10.3. The molecule has 1 aromatic carbocycles. The minimum Gasteiger partial charge on any atom is -0.467 e. The number of aromatic nitrogens is 3. The lowest BCUT2D eigenvalue weighted by atomic mass is 10.1. The third kappa shape index (κ3) is 4.95. The summed E-state index contributed by atoms with van der Waals surface area (Å²) in [5.74, 6) is 1.50. The number of carbonyl (C=O) groups excluding carboxylic acids is 2. The second kappa shape index (κ2) is 9.09. The first kappa shape index (κ1) is 20.9. The molecule has 2 heterocycles. The van der Waals surface area contributed by atoms with Crippen LogP contribution in [0.25, 0.3) is 0 Å². The van der Waals surface area contributed by atoms with Crippen LogP contribution in [0.2, 0.25) is 0 Å². The molecule has 0 spiro atoms. The third-order valence-corrected chi connectivity index (χ3v) is 5.45. The molecule has 0 aliphatic rings. The number of thioether (sulfide) groups is 1. The van der Waals surface area contributed by atoms with Gasteiger partial charge in [0.15, 0.2) is 10.9 Å². The number of para-hydroxylation sites is 1. The van der Waals surface area contributed by atoms with Crippen molar-refractivity contribution >= 4 is 29.1 Å². The molecule has 1 atom stereocenters. The highest BCUT2D eigenvalue weighted by molar-refractivity contribution is 8.00. The van der Waals surface area contributed by atoms with Crippen molar-refractivity contribution in [3.8, 4) is 0 Å². The van der Waals surface area contributed by atoms with E-state index in [1.54, 1.807) is 37.5 Å². The Morgan fingerprint density at radius 1 is 1.14 bits per heavy atom. The van der Waals surface area contributed by atoms with Gasteiger partial charge in [-0.2, -0.15) is 0 Å². The van der Waals surface area contributed by atoms with Crippen LogP contribution in [0.3, 0.4) is 0 Å². The molecule has 29 heavy (non-hydrogen) atoms. The Hall–Kier alpha value is -2.87. The Morgan fingerprint density at radius 3 is 2.55 bits per heavy atom. The van der Waals surface area contributed by atoms with E-state index in [1.807, 2.05) is 30.5 Å². The topological polar surface area (TPSA) is 90.0 Å². The molecule has 0 saturated carbocycles. The lowest BCUT2D eigenvalue weighted by Gasteiger charge is -2.15. The van der Waals surface area contributed by atoms with Crippen molar-refractivity contribution in [3.63, 3.8) is 0 Å². The van der Waals surface area contributed by atoms with Gasteiger partial charge in [-0.05, 0) is 38.1 Å². The monoisotopic (exact) mass is 412 g/mol. The second-order valence-corrected chi connectivity index (χ2v) is 8.32. The molecule has 2 aromatic heterocycles. The number of benzene rings is 1. The fraction of sp³-hybridized carbons (Fsp3) is 0.333. The number of Topliss-reactive ketones (excluding diaryl/α,β-unsaturated/α-hetero) is 1. The number of furan rings is 1. The SMILES string of the molecule is CC(=O)c1ccccc1NC(=O)C(C)Sc1nnc(C(C)C)n1Cc1ccco1. The molecular formula is C21H24N4O3S. The Kier molecular flexibility index (Phi) is 6.53. The zero-order valence-electron chi connectivity index (χ0n) is 16.9. The van der Waals surface area contributed by atoms with Crippen molar-refractivity contribution in [2.24, 2.45) is 0 Å². The summed E-state index contributed by atoms with van der Waals surface area (Å²) in [5.41, 5.74) is 0.999. The summed E-state index contributed by atoms with van der Waals surface area (Å²) in [6.45, 7) is 7.88. The summed E-state index contributed by atoms with van der Waals surface area (Å²) >= 11 is 1.32. The molecule has 1 unspecified atom stereocenters. The highest BCUT2D eigenvalue weighted by atomic mass is 32.2. The van der Waals surface area contributed by atoms with E-state index < -0.39 is 5.25 Å². The number of rotatable bonds is 8. The molecule has 0 fully saturated rings. The Balaban J connectivity index is 1.77. The molecule has 0 bridgehead atoms. The van der Waals surface area contributed by atoms with Crippen LogP contribution in [-0.4, -0.2) is 31.7 Å². The lowest BCUT2D eigenvalue weighted by Crippen LogP contribution is -2.24. The van der Waals surface area contributed by atoms with E-state index in [1.165, 1.54) is 18.7 Å². The standard InChI is InChI=1S/C21H24N4O3S/c1-13(2)19-23-24-21(25(19)12-16-8-7-11-28-16)29-15(4)20(27)22-18-10-6-5-9-17(18)14(3)26/h5-11,13,15H,12H2,1-4H3,(H,22,27). The van der Waals surface area contributed by atoms with Crippen molar-refractivity contribution in [2.75, 3.05) is 5.32 Å². The number of anilines is 1. The van der Waals surface area contributed by atoms with Crippen molar-refractivity contribution in [3.05, 3.63) is 59.8 Å². The van der Waals surface area contributed by atoms with Crippen LogP contribution in [-0.2, 0) is 11.3 Å². The molecule has 3 aromatic rings. The zero-order chi connectivity index (χ0) is 21.0. The van der Waals surface area contributed by atoms with Crippen LogP contribution in [0.5, 0.6) is 0 Å². The molecular weight excluding hydrogens is 388 g/mol. The molecule has 1 amide bonds. The molecule has 0 aliphatic heterocycles. The Morgan fingerprint density at radius 2 is 1.90 bits per heavy atom. The summed E-state index contributed by atoms with van der Waals surface area (Å²) in [5, 5.41) is 11.7. The molecule has 0 aliphatic carbocycles. The van der Waals surface area contributed by atoms with Gasteiger partial charge in [0, 0.05) is 11.5 Å². The number of hydrogen-bond acceptors (Lipinski definition) is 6. The van der Waals surface area contributed by atoms with Crippen LogP contribution in [0.1, 0.15) is 55.6 Å². The first-order valence-electron chi connectivity index (χ1n) is 9.39. The van der Waals surface area contributed by atoms with E-state index >= 15 is 0 Å². The fourth-order valence-corrected chi connectivity index (χ4v) is 3.72. The van der Waals surface area contributed by atoms with Gasteiger partial charge < -0.3 is 9.73 Å². The number of nitrogens with one attached hydrogen (secondary N) is 1. The molecule has 0 radical (unpaired) electrons. The average molecular weight is 413 g/mol. The van der Waals surface area contributed by atoms with Crippen LogP contribution < -0.4 is 5.32 Å². The zero-order valence-corrected chi connectivity index (χ0v) is 17.7. The molecule has 1 N–H and O–H groups in total. The maximum atomic E-state index is 12.7. The highest BCUT2D eigenvalue weighted by Gasteiger charge is 2.22. The molecule has 8 heteroatoms. The van der Waals surface area contributed by atoms with Crippen LogP contribution in [0, 0.1) is 0 Å². The lowest BCUT2D eigenvalue weighted by molar-refractivity contribution is -0.115. The molecule has 7 nitrogen and oxygen atoms in total. The smallest absolute Gasteiger partial charge is 0.237 e. The highest BCUT2D eigenvalue weighted by Crippen LogP contribution is 2.27. The van der Waals surface area contributed by atoms with Gasteiger partial charge in [-0.25, -0.2) is 0 Å². The van der Waals surface area contributed by atoms with E-state index in [0.717, 1.165) is 11.6 Å². The van der Waals surface area contributed by atoms with Crippen molar-refractivity contribution in [2.45, 2.75) is 50.6 Å². The fourth-order valence-electron chi connectivity index (χ4n) is 2.87.